The number of halogens is 6. The maximum atomic E-state index is 15.1. The van der Waals surface area contributed by atoms with Crippen molar-refractivity contribution < 1.29 is 55.2 Å². The highest BCUT2D eigenvalue weighted by molar-refractivity contribution is 9.10. The van der Waals surface area contributed by atoms with Crippen molar-refractivity contribution in [3.8, 4) is 72.9 Å². The lowest BCUT2D eigenvalue weighted by Crippen LogP contribution is -2.32. The highest BCUT2D eigenvalue weighted by atomic mass is 79.9. The largest absolute Gasteiger partial charge is 0.496 e. The van der Waals surface area contributed by atoms with E-state index in [9.17, 15) is 27.2 Å². The van der Waals surface area contributed by atoms with Crippen LogP contribution in [0.5, 0.6) is 17.2 Å². The molecule has 496 valence electrons. The SMILES string of the molecule is COc1cc(-c2cccc(-c3cccc(C)c3F)c2C)cc(F)c1CN.COc1cc(-c2cccc(-c3cccc(C)c3F)c2C)cc(F)c1CNC(=O)OC(C)(C)C.COc1cc(-c2cccc(C)c2C)cc(F)c1CNC(=O)OC(C)(C)C.Cc1cccc(Br)c1C. The molecule has 0 saturated heterocycles. The number of methoxy groups -OCH3 is 3. The number of amides is 2. The molecular weight excluding hydrogens is 1270 g/mol. The van der Waals surface area contributed by atoms with Crippen molar-refractivity contribution in [2.45, 2.75) is 128 Å². The Kier molecular flexibility index (Phi) is 25.8. The standard InChI is InChI=1S/C27H29F2NO3.C22H21F2NO.C21H26FNO3.C8H9Br/c1-16-9-7-12-21(25(16)29)20-11-8-10-19(17(20)2)18-13-23(28)22(24(14-18)32-6)15-30-26(31)33-27(3,4)5;1-13-6-4-9-18(22(13)24)17-8-5-7-16(14(17)2)15-10-20(23)19(12-25)21(11-15)26-3;1-13-8-7-9-16(14(13)2)15-10-18(22)17(19(11-15)25-6)12-23-20(24)26-21(3,4)5;1-6-4-3-5-8(9)7(6)2/h7-14H,15H2,1-6H3,(H,30,31);4-11H,12,25H2,1-3H3;7-11H,12H2,1-6H3,(H,23,24);3-5H,1-2H3. The number of rotatable bonds is 13. The van der Waals surface area contributed by atoms with Gasteiger partial charge in [-0.2, -0.15) is 0 Å². The van der Waals surface area contributed by atoms with Gasteiger partial charge in [0.15, 0.2) is 0 Å². The Morgan fingerprint density at radius 2 is 0.702 bits per heavy atom. The van der Waals surface area contributed by atoms with E-state index in [0.29, 0.717) is 56.2 Å². The van der Waals surface area contributed by atoms with Gasteiger partial charge in [-0.1, -0.05) is 119 Å². The molecule has 10 nitrogen and oxygen atoms in total. The molecule has 0 heterocycles. The van der Waals surface area contributed by atoms with Crippen molar-refractivity contribution >= 4 is 28.1 Å². The zero-order chi connectivity index (χ0) is 69.5. The smallest absolute Gasteiger partial charge is 0.407 e. The summed E-state index contributed by atoms with van der Waals surface area (Å²) in [7, 11) is 4.42. The molecule has 0 aliphatic heterocycles. The summed E-state index contributed by atoms with van der Waals surface area (Å²) >= 11 is 3.45. The minimum absolute atomic E-state index is 0.0169. The predicted octanol–water partition coefficient (Wildman–Crippen LogP) is 20.5. The first-order valence-electron chi connectivity index (χ1n) is 30.5. The summed E-state index contributed by atoms with van der Waals surface area (Å²) in [6.07, 6.45) is -1.24. The second-order valence-corrected chi connectivity index (χ2v) is 25.4. The summed E-state index contributed by atoms with van der Waals surface area (Å²) in [6.45, 7) is 26.0. The Morgan fingerprint density at radius 3 is 1.04 bits per heavy atom. The summed E-state index contributed by atoms with van der Waals surface area (Å²) in [4.78, 5) is 23.8. The van der Waals surface area contributed by atoms with Crippen molar-refractivity contribution in [2.24, 2.45) is 5.73 Å². The number of nitrogens with one attached hydrogen (secondary N) is 2. The fraction of sp³-hybridized carbons (Fsp3) is 0.282. The number of aryl methyl sites for hydroxylation is 4. The van der Waals surface area contributed by atoms with Gasteiger partial charge < -0.3 is 40.1 Å². The van der Waals surface area contributed by atoms with Crippen LogP contribution in [0.4, 0.5) is 31.5 Å². The predicted molar refractivity (Wildman–Crippen MR) is 372 cm³/mol. The van der Waals surface area contributed by atoms with Crippen LogP contribution in [0.2, 0.25) is 0 Å². The van der Waals surface area contributed by atoms with Crippen LogP contribution in [0.25, 0.3) is 55.6 Å². The van der Waals surface area contributed by atoms with E-state index in [4.69, 9.17) is 29.4 Å². The van der Waals surface area contributed by atoms with Gasteiger partial charge in [0.2, 0.25) is 0 Å². The fourth-order valence-corrected chi connectivity index (χ4v) is 10.8. The van der Waals surface area contributed by atoms with Gasteiger partial charge >= 0.3 is 12.2 Å². The first kappa shape index (κ1) is 74.1. The van der Waals surface area contributed by atoms with E-state index in [-0.39, 0.29) is 42.4 Å². The maximum absolute atomic E-state index is 15.1. The van der Waals surface area contributed by atoms with Crippen LogP contribution in [0.1, 0.15) is 103 Å². The van der Waals surface area contributed by atoms with E-state index in [1.54, 1.807) is 97.9 Å². The van der Waals surface area contributed by atoms with Gasteiger partial charge in [-0.3, -0.25) is 0 Å². The molecule has 0 fully saturated rings. The molecule has 16 heteroatoms. The van der Waals surface area contributed by atoms with E-state index in [0.717, 1.165) is 55.6 Å². The molecule has 9 aromatic carbocycles. The van der Waals surface area contributed by atoms with Crippen LogP contribution >= 0.6 is 15.9 Å². The van der Waals surface area contributed by atoms with E-state index in [2.05, 4.69) is 52.5 Å². The van der Waals surface area contributed by atoms with E-state index >= 15 is 4.39 Å². The highest BCUT2D eigenvalue weighted by Gasteiger charge is 2.23. The molecular formula is C78H85BrF5N3O7. The molecule has 9 rings (SSSR count). The zero-order valence-electron chi connectivity index (χ0n) is 56.7. The number of benzene rings is 9. The van der Waals surface area contributed by atoms with Crippen LogP contribution in [-0.4, -0.2) is 44.7 Å². The average molecular weight is 1350 g/mol. The second-order valence-electron chi connectivity index (χ2n) is 24.6. The molecule has 0 aliphatic rings. The van der Waals surface area contributed by atoms with Gasteiger partial charge in [-0.15, -0.1) is 0 Å². The molecule has 0 spiro atoms. The molecule has 4 N–H and O–H groups in total. The van der Waals surface area contributed by atoms with Gasteiger partial charge in [0.1, 0.15) is 57.5 Å². The zero-order valence-corrected chi connectivity index (χ0v) is 58.3. The van der Waals surface area contributed by atoms with Gasteiger partial charge in [0, 0.05) is 38.8 Å². The Labute approximate surface area is 559 Å². The number of ether oxygens (including phenoxy) is 5. The lowest BCUT2D eigenvalue weighted by Gasteiger charge is -2.20. The fourth-order valence-electron chi connectivity index (χ4n) is 10.3. The number of hydrogen-bond acceptors (Lipinski definition) is 8. The lowest BCUT2D eigenvalue weighted by molar-refractivity contribution is 0.0511. The third-order valence-corrected chi connectivity index (χ3v) is 16.5. The first-order chi connectivity index (χ1) is 44.3. The van der Waals surface area contributed by atoms with E-state index in [1.807, 2.05) is 100 Å². The normalized spacial score (nSPS) is 11.0. The van der Waals surface area contributed by atoms with E-state index in [1.165, 1.54) is 55.1 Å². The van der Waals surface area contributed by atoms with Crippen molar-refractivity contribution in [3.05, 3.63) is 240 Å². The minimum atomic E-state index is -0.657. The summed E-state index contributed by atoms with van der Waals surface area (Å²) in [5, 5.41) is 5.13. The number of carbonyl (C=O) groups excluding carboxylic acids is 2. The van der Waals surface area contributed by atoms with Gasteiger partial charge in [0.25, 0.3) is 0 Å². The summed E-state index contributed by atoms with van der Waals surface area (Å²) in [5.74, 6) is -0.782. The molecule has 2 amide bonds. The van der Waals surface area contributed by atoms with Crippen molar-refractivity contribution in [1.82, 2.24) is 10.6 Å². The van der Waals surface area contributed by atoms with Crippen LogP contribution in [-0.2, 0) is 29.1 Å². The topological polar surface area (TPSA) is 130 Å². The lowest BCUT2D eigenvalue weighted by atomic mass is 9.91. The van der Waals surface area contributed by atoms with Gasteiger partial charge in [-0.05, 0) is 228 Å². The second kappa shape index (κ2) is 32.7. The molecule has 0 radical (unpaired) electrons. The van der Waals surface area contributed by atoms with Gasteiger partial charge in [0.05, 0.1) is 34.4 Å². The Balaban J connectivity index is 0.000000211. The number of carbonyl (C=O) groups is 2. The molecule has 0 aromatic heterocycles. The third kappa shape index (κ3) is 19.1. The third-order valence-electron chi connectivity index (χ3n) is 15.7. The molecule has 0 unspecified atom stereocenters. The Bertz CT molecular complexity index is 4160. The minimum Gasteiger partial charge on any atom is -0.496 e. The van der Waals surface area contributed by atoms with E-state index < -0.39 is 40.8 Å². The summed E-state index contributed by atoms with van der Waals surface area (Å²) in [6, 6.07) is 43.5. The summed E-state index contributed by atoms with van der Waals surface area (Å²) < 4.78 is 101. The van der Waals surface area contributed by atoms with Crippen LogP contribution in [0, 0.1) is 84.5 Å². The first-order valence-corrected chi connectivity index (χ1v) is 31.3. The monoisotopic (exact) mass is 1350 g/mol. The number of alkyl carbamates (subject to hydrolysis) is 2. The number of hydrogen-bond donors (Lipinski definition) is 3. The highest BCUT2D eigenvalue weighted by Crippen LogP contribution is 2.40. The van der Waals surface area contributed by atoms with Crippen LogP contribution in [0.15, 0.2) is 150 Å². The van der Waals surface area contributed by atoms with Crippen LogP contribution in [0.3, 0.4) is 0 Å². The quantitative estimate of drug-likeness (QED) is 0.0973. The summed E-state index contributed by atoms with van der Waals surface area (Å²) in [5.41, 5.74) is 20.0. The Morgan fingerprint density at radius 1 is 0.404 bits per heavy atom. The van der Waals surface area contributed by atoms with Gasteiger partial charge in [-0.25, -0.2) is 31.5 Å². The molecule has 0 atom stereocenters. The molecule has 0 bridgehead atoms. The maximum Gasteiger partial charge on any atom is 0.407 e. The average Bonchev–Trinajstić information content (AvgIpc) is 0.799. The molecule has 94 heavy (non-hydrogen) atoms. The van der Waals surface area contributed by atoms with Crippen molar-refractivity contribution in [1.29, 1.82) is 0 Å². The number of nitrogens with two attached hydrogens (primary N) is 1. The van der Waals surface area contributed by atoms with Crippen molar-refractivity contribution in [2.75, 3.05) is 21.3 Å². The molecule has 0 saturated carbocycles. The Hall–Kier alpha value is -8.99. The molecule has 9 aromatic rings. The van der Waals surface area contributed by atoms with Crippen molar-refractivity contribution in [3.63, 3.8) is 0 Å². The van der Waals surface area contributed by atoms with Crippen LogP contribution < -0.4 is 30.6 Å². The molecule has 0 aliphatic carbocycles.